The normalized spacial score (nSPS) is 14.0. The summed E-state index contributed by atoms with van der Waals surface area (Å²) in [5, 5.41) is 0. The van der Waals surface area contributed by atoms with Gasteiger partial charge in [0.15, 0.2) is 0 Å². The van der Waals surface area contributed by atoms with Gasteiger partial charge in [-0.15, -0.1) is 0 Å². The molecule has 0 bridgehead atoms. The SMILES string of the molecule is CCCCCCCCCCCCCCCCCCCCOC[C@H](COP(=O)([O-])OCC[N+](C)(C)C)OCCCCC(=O)OC. The summed E-state index contributed by atoms with van der Waals surface area (Å²) in [5.41, 5.74) is 0. The van der Waals surface area contributed by atoms with Crippen molar-refractivity contribution in [3.05, 3.63) is 0 Å². The van der Waals surface area contributed by atoms with E-state index in [1.807, 2.05) is 21.1 Å². The van der Waals surface area contributed by atoms with Crippen LogP contribution < -0.4 is 4.89 Å². The van der Waals surface area contributed by atoms with E-state index in [0.29, 0.717) is 43.5 Å². The zero-order chi connectivity index (χ0) is 32.8. The molecule has 0 aromatic carbocycles. The van der Waals surface area contributed by atoms with E-state index in [-0.39, 0.29) is 25.8 Å². The zero-order valence-corrected chi connectivity index (χ0v) is 30.2. The molecule has 0 aliphatic carbocycles. The Kier molecular flexibility index (Phi) is 29.5. The number of carbonyl (C=O) groups excluding carboxylic acids is 1. The number of phosphoric acid groups is 1. The molecule has 0 rings (SSSR count). The molecule has 0 radical (unpaired) electrons. The van der Waals surface area contributed by atoms with E-state index in [1.165, 1.54) is 110 Å². The summed E-state index contributed by atoms with van der Waals surface area (Å²) in [6, 6.07) is 0. The van der Waals surface area contributed by atoms with Gasteiger partial charge in [0.1, 0.15) is 19.3 Å². The fourth-order valence-electron chi connectivity index (χ4n) is 4.83. The average molecular weight is 652 g/mol. The van der Waals surface area contributed by atoms with Crippen molar-refractivity contribution in [3.63, 3.8) is 0 Å². The van der Waals surface area contributed by atoms with Crippen LogP contribution in [0.4, 0.5) is 0 Å². The average Bonchev–Trinajstić information content (AvgIpc) is 2.97. The van der Waals surface area contributed by atoms with Crippen LogP contribution in [0.15, 0.2) is 0 Å². The molecule has 0 spiro atoms. The highest BCUT2D eigenvalue weighted by Gasteiger charge is 2.18. The van der Waals surface area contributed by atoms with Gasteiger partial charge in [-0.1, -0.05) is 116 Å². The largest absolute Gasteiger partial charge is 0.756 e. The lowest BCUT2D eigenvalue weighted by molar-refractivity contribution is -0.870. The van der Waals surface area contributed by atoms with E-state index in [0.717, 1.165) is 12.8 Å². The van der Waals surface area contributed by atoms with Crippen LogP contribution in [0.5, 0.6) is 0 Å². The number of carbonyl (C=O) groups is 1. The molecule has 1 unspecified atom stereocenters. The lowest BCUT2D eigenvalue weighted by Crippen LogP contribution is -2.37. The Balaban J connectivity index is 3.94. The van der Waals surface area contributed by atoms with Gasteiger partial charge in [-0.05, 0) is 19.3 Å². The maximum atomic E-state index is 12.2. The maximum absolute atomic E-state index is 12.2. The number of quaternary nitrogens is 1. The first-order valence-corrected chi connectivity index (χ1v) is 19.2. The Morgan fingerprint density at radius 2 is 1.14 bits per heavy atom. The van der Waals surface area contributed by atoms with Gasteiger partial charge in [0.2, 0.25) is 0 Å². The number of methoxy groups -OCH3 is 1. The minimum absolute atomic E-state index is 0.0547. The first kappa shape index (κ1) is 43.5. The van der Waals surface area contributed by atoms with E-state index in [9.17, 15) is 14.3 Å². The second-order valence-electron chi connectivity index (χ2n) is 13.2. The summed E-state index contributed by atoms with van der Waals surface area (Å²) in [6.07, 6.45) is 25.1. The Morgan fingerprint density at radius 1 is 0.659 bits per heavy atom. The van der Waals surface area contributed by atoms with E-state index in [1.54, 1.807) is 0 Å². The lowest BCUT2D eigenvalue weighted by atomic mass is 10.0. The van der Waals surface area contributed by atoms with Gasteiger partial charge in [-0.3, -0.25) is 9.36 Å². The molecule has 44 heavy (non-hydrogen) atoms. The van der Waals surface area contributed by atoms with E-state index >= 15 is 0 Å². The summed E-state index contributed by atoms with van der Waals surface area (Å²) in [6.45, 7) is 3.93. The monoisotopic (exact) mass is 651 g/mol. The number of phosphoric ester groups is 1. The van der Waals surface area contributed by atoms with Gasteiger partial charge >= 0.3 is 5.97 Å². The van der Waals surface area contributed by atoms with Gasteiger partial charge in [0.05, 0.1) is 41.5 Å². The lowest BCUT2D eigenvalue weighted by Gasteiger charge is -2.28. The summed E-state index contributed by atoms with van der Waals surface area (Å²) < 4.78 is 39.2. The molecule has 0 fully saturated rings. The van der Waals surface area contributed by atoms with Crippen molar-refractivity contribution in [2.75, 3.05) is 67.8 Å². The smallest absolute Gasteiger partial charge is 0.305 e. The molecule has 9 nitrogen and oxygen atoms in total. The molecule has 0 heterocycles. The molecule has 0 N–H and O–H groups in total. The highest BCUT2D eigenvalue weighted by Crippen LogP contribution is 2.38. The third kappa shape index (κ3) is 32.8. The van der Waals surface area contributed by atoms with Crippen molar-refractivity contribution in [3.8, 4) is 0 Å². The van der Waals surface area contributed by atoms with Gasteiger partial charge in [0.25, 0.3) is 7.82 Å². The fourth-order valence-corrected chi connectivity index (χ4v) is 5.56. The summed E-state index contributed by atoms with van der Waals surface area (Å²) in [5.74, 6) is -0.254. The molecule has 0 aromatic heterocycles. The van der Waals surface area contributed by atoms with Crippen molar-refractivity contribution in [2.24, 2.45) is 0 Å². The molecule has 264 valence electrons. The molecule has 0 aliphatic rings. The minimum atomic E-state index is -4.43. The predicted molar refractivity (Wildman–Crippen MR) is 178 cm³/mol. The van der Waals surface area contributed by atoms with Crippen molar-refractivity contribution in [1.29, 1.82) is 0 Å². The summed E-state index contributed by atoms with van der Waals surface area (Å²) in [4.78, 5) is 23.5. The Morgan fingerprint density at radius 3 is 1.61 bits per heavy atom. The molecule has 2 atom stereocenters. The number of hydrogen-bond donors (Lipinski definition) is 0. The highest BCUT2D eigenvalue weighted by molar-refractivity contribution is 7.45. The van der Waals surface area contributed by atoms with Gasteiger partial charge in [-0.2, -0.15) is 0 Å². The molecular formula is C34H70NO8P. The number of ether oxygens (including phenoxy) is 3. The molecular weight excluding hydrogens is 581 g/mol. The van der Waals surface area contributed by atoms with Crippen molar-refractivity contribution >= 4 is 13.8 Å². The third-order valence-corrected chi connectivity index (χ3v) is 8.70. The van der Waals surface area contributed by atoms with Crippen LogP contribution in [-0.4, -0.2) is 84.4 Å². The second-order valence-corrected chi connectivity index (χ2v) is 14.6. The van der Waals surface area contributed by atoms with Crippen LogP contribution in [0.25, 0.3) is 0 Å². The zero-order valence-electron chi connectivity index (χ0n) is 29.3. The topological polar surface area (TPSA) is 103 Å². The van der Waals surface area contributed by atoms with Crippen LogP contribution in [0.3, 0.4) is 0 Å². The highest BCUT2D eigenvalue weighted by atomic mass is 31.2. The first-order valence-electron chi connectivity index (χ1n) is 17.8. The van der Waals surface area contributed by atoms with Crippen LogP contribution >= 0.6 is 7.82 Å². The van der Waals surface area contributed by atoms with E-state index in [4.69, 9.17) is 18.5 Å². The van der Waals surface area contributed by atoms with E-state index < -0.39 is 13.9 Å². The van der Waals surface area contributed by atoms with Crippen molar-refractivity contribution in [1.82, 2.24) is 0 Å². The van der Waals surface area contributed by atoms with E-state index in [2.05, 4.69) is 11.7 Å². The Hall–Kier alpha value is -0.540. The molecule has 0 aromatic rings. The first-order chi connectivity index (χ1) is 21.1. The quantitative estimate of drug-likeness (QED) is 0.0299. The van der Waals surface area contributed by atoms with Crippen molar-refractivity contribution in [2.45, 2.75) is 148 Å². The fraction of sp³-hybridized carbons (Fsp3) is 0.971. The maximum Gasteiger partial charge on any atom is 0.305 e. The van der Waals surface area contributed by atoms with Gasteiger partial charge in [0, 0.05) is 19.6 Å². The standard InChI is InChI=1S/C34H70NO8P/c1-6-7-8-9-10-11-12-13-14-15-16-17-18-19-20-21-22-24-28-40-31-33(41-29-25-23-26-34(36)39-5)32-43-44(37,38)42-30-27-35(2,3)4/h33H,6-32H2,1-5H3/t33-/m1/s1. The van der Waals surface area contributed by atoms with Gasteiger partial charge < -0.3 is 32.6 Å². The number of esters is 1. The predicted octanol–water partition coefficient (Wildman–Crippen LogP) is 7.98. The third-order valence-electron chi connectivity index (χ3n) is 7.73. The molecule has 0 aliphatic heterocycles. The van der Waals surface area contributed by atoms with Crippen LogP contribution in [0.1, 0.15) is 142 Å². The molecule has 0 amide bonds. The number of rotatable bonds is 34. The number of likely N-dealkylation sites (N-methyl/N-ethyl adjacent to an activating group) is 1. The van der Waals surface area contributed by atoms with Crippen molar-refractivity contribution < 1.29 is 42.0 Å². The number of unbranched alkanes of at least 4 members (excludes halogenated alkanes) is 18. The summed E-state index contributed by atoms with van der Waals surface area (Å²) >= 11 is 0. The molecule has 0 saturated heterocycles. The van der Waals surface area contributed by atoms with Crippen LogP contribution in [0, 0.1) is 0 Å². The molecule has 10 heteroatoms. The Labute approximate surface area is 271 Å². The number of nitrogens with zero attached hydrogens (tertiary/aromatic N) is 1. The Bertz CT molecular complexity index is 689. The number of hydrogen-bond acceptors (Lipinski definition) is 8. The summed E-state index contributed by atoms with van der Waals surface area (Å²) in [7, 11) is 2.82. The van der Waals surface area contributed by atoms with Crippen LogP contribution in [-0.2, 0) is 32.6 Å². The second kappa shape index (κ2) is 29.8. The van der Waals surface area contributed by atoms with Crippen LogP contribution in [0.2, 0.25) is 0 Å². The van der Waals surface area contributed by atoms with Gasteiger partial charge in [-0.25, -0.2) is 0 Å². The minimum Gasteiger partial charge on any atom is -0.756 e. The molecule has 0 saturated carbocycles.